The lowest BCUT2D eigenvalue weighted by Crippen LogP contribution is -2.15. The van der Waals surface area contributed by atoms with E-state index in [9.17, 15) is 4.79 Å². The van der Waals surface area contributed by atoms with Crippen molar-refractivity contribution in [2.45, 2.75) is 0 Å². The Hall–Kier alpha value is -3.66. The van der Waals surface area contributed by atoms with E-state index in [2.05, 4.69) is 10.3 Å². The van der Waals surface area contributed by atoms with Crippen molar-refractivity contribution in [3.63, 3.8) is 0 Å². The van der Waals surface area contributed by atoms with Gasteiger partial charge >= 0.3 is 0 Å². The Morgan fingerprint density at radius 3 is 2.00 bits per heavy atom. The van der Waals surface area contributed by atoms with E-state index in [-0.39, 0.29) is 5.91 Å². The number of benzene rings is 3. The van der Waals surface area contributed by atoms with Gasteiger partial charge in [-0.05, 0) is 24.3 Å². The third-order valence-electron chi connectivity index (χ3n) is 4.07. The minimum Gasteiger partial charge on any atom is -0.292 e. The second kappa shape index (κ2) is 7.07. The highest BCUT2D eigenvalue weighted by molar-refractivity contribution is 6.03. The van der Waals surface area contributed by atoms with Crippen LogP contribution in [0.3, 0.4) is 0 Å². The number of carbonyl (C=O) groups excluding carboxylic acids is 1. The van der Waals surface area contributed by atoms with Gasteiger partial charge in [0.1, 0.15) is 0 Å². The molecule has 1 heterocycles. The number of nitrogens with one attached hydrogen (secondary N) is 1. The Bertz CT molecular complexity index is 1010. The van der Waals surface area contributed by atoms with Crippen molar-refractivity contribution in [3.05, 3.63) is 103 Å². The highest BCUT2D eigenvalue weighted by atomic mass is 16.1. The number of carbonyl (C=O) groups is 1. The van der Waals surface area contributed by atoms with Gasteiger partial charge in [0.15, 0.2) is 0 Å². The Morgan fingerprint density at radius 1 is 0.769 bits per heavy atom. The van der Waals surface area contributed by atoms with Crippen LogP contribution in [0, 0.1) is 0 Å². The van der Waals surface area contributed by atoms with Crippen LogP contribution in [0.25, 0.3) is 16.9 Å². The molecule has 0 unspecified atom stereocenters. The zero-order valence-corrected chi connectivity index (χ0v) is 14.0. The highest BCUT2D eigenvalue weighted by Gasteiger charge is 2.14. The second-order valence-electron chi connectivity index (χ2n) is 5.84. The van der Waals surface area contributed by atoms with Crippen molar-refractivity contribution in [2.75, 3.05) is 5.32 Å². The number of imidazole rings is 1. The third kappa shape index (κ3) is 3.26. The number of nitrogens with zero attached hydrogens (tertiary/aromatic N) is 2. The first kappa shape index (κ1) is 15.8. The lowest BCUT2D eigenvalue weighted by molar-refractivity contribution is 0.102. The first-order valence-corrected chi connectivity index (χ1v) is 8.38. The molecule has 4 aromatic rings. The van der Waals surface area contributed by atoms with E-state index in [0.29, 0.717) is 11.5 Å². The van der Waals surface area contributed by atoms with Crippen LogP contribution in [0.1, 0.15) is 10.4 Å². The molecule has 3 aromatic carbocycles. The van der Waals surface area contributed by atoms with Gasteiger partial charge in [-0.25, -0.2) is 4.98 Å². The maximum atomic E-state index is 12.6. The molecule has 0 saturated carbocycles. The van der Waals surface area contributed by atoms with Crippen molar-refractivity contribution < 1.29 is 4.79 Å². The van der Waals surface area contributed by atoms with Crippen LogP contribution in [-0.4, -0.2) is 15.5 Å². The molecule has 0 fully saturated rings. The smallest absolute Gasteiger partial charge is 0.257 e. The van der Waals surface area contributed by atoms with E-state index in [0.717, 1.165) is 16.9 Å². The summed E-state index contributed by atoms with van der Waals surface area (Å²) in [6.07, 6.45) is 1.94. The fraction of sp³-hybridized carbons (Fsp3) is 0. The third-order valence-corrected chi connectivity index (χ3v) is 4.07. The average Bonchev–Trinajstić information content (AvgIpc) is 3.14. The predicted octanol–water partition coefficient (Wildman–Crippen LogP) is 4.79. The van der Waals surface area contributed by atoms with Crippen molar-refractivity contribution in [1.82, 2.24) is 9.55 Å². The number of rotatable bonds is 4. The second-order valence-corrected chi connectivity index (χ2v) is 5.84. The van der Waals surface area contributed by atoms with Crippen molar-refractivity contribution in [1.29, 1.82) is 0 Å². The van der Waals surface area contributed by atoms with Gasteiger partial charge in [-0.15, -0.1) is 0 Å². The van der Waals surface area contributed by atoms with Crippen molar-refractivity contribution in [3.8, 4) is 16.9 Å². The molecular formula is C22H17N3O. The maximum absolute atomic E-state index is 12.6. The molecule has 1 N–H and O–H groups in total. The van der Waals surface area contributed by atoms with Gasteiger partial charge in [-0.3, -0.25) is 14.7 Å². The zero-order valence-electron chi connectivity index (χ0n) is 14.0. The Labute approximate surface area is 151 Å². The molecule has 126 valence electrons. The number of amides is 1. The van der Waals surface area contributed by atoms with E-state index in [1.807, 2.05) is 89.6 Å². The minimum absolute atomic E-state index is 0.187. The van der Waals surface area contributed by atoms with Gasteiger partial charge in [0, 0.05) is 23.0 Å². The molecule has 4 heteroatoms. The van der Waals surface area contributed by atoms with Crippen LogP contribution in [0.5, 0.6) is 0 Å². The van der Waals surface area contributed by atoms with Crippen LogP contribution in [0.4, 0.5) is 5.95 Å². The lowest BCUT2D eigenvalue weighted by Gasteiger charge is -2.08. The fourth-order valence-electron chi connectivity index (χ4n) is 2.77. The molecule has 4 rings (SSSR count). The van der Waals surface area contributed by atoms with Crippen molar-refractivity contribution in [2.24, 2.45) is 0 Å². The maximum Gasteiger partial charge on any atom is 0.257 e. The summed E-state index contributed by atoms with van der Waals surface area (Å²) in [6, 6.07) is 28.9. The van der Waals surface area contributed by atoms with Gasteiger partial charge in [-0.2, -0.15) is 0 Å². The summed E-state index contributed by atoms with van der Waals surface area (Å²) in [6.45, 7) is 0. The summed E-state index contributed by atoms with van der Waals surface area (Å²) in [7, 11) is 0. The van der Waals surface area contributed by atoms with Crippen LogP contribution in [0.15, 0.2) is 97.2 Å². The lowest BCUT2D eigenvalue weighted by atomic mass is 10.2. The molecule has 0 saturated heterocycles. The van der Waals surface area contributed by atoms with E-state index < -0.39 is 0 Å². The summed E-state index contributed by atoms with van der Waals surface area (Å²) >= 11 is 0. The van der Waals surface area contributed by atoms with Gasteiger partial charge in [-0.1, -0.05) is 66.7 Å². The summed E-state index contributed by atoms with van der Waals surface area (Å²) in [5, 5.41) is 2.93. The molecule has 0 bridgehead atoms. The molecular weight excluding hydrogens is 322 g/mol. The normalized spacial score (nSPS) is 10.5. The molecule has 0 aliphatic heterocycles. The zero-order chi connectivity index (χ0) is 17.8. The topological polar surface area (TPSA) is 46.9 Å². The highest BCUT2D eigenvalue weighted by Crippen LogP contribution is 2.24. The van der Waals surface area contributed by atoms with Gasteiger partial charge in [0.2, 0.25) is 5.95 Å². The largest absolute Gasteiger partial charge is 0.292 e. The summed E-state index contributed by atoms with van der Waals surface area (Å²) < 4.78 is 1.89. The van der Waals surface area contributed by atoms with E-state index >= 15 is 0 Å². The van der Waals surface area contributed by atoms with Gasteiger partial charge < -0.3 is 0 Å². The van der Waals surface area contributed by atoms with E-state index in [1.54, 1.807) is 12.1 Å². The monoisotopic (exact) mass is 339 g/mol. The first-order chi connectivity index (χ1) is 12.8. The molecule has 4 nitrogen and oxygen atoms in total. The average molecular weight is 339 g/mol. The number of aromatic nitrogens is 2. The molecule has 0 atom stereocenters. The Balaban J connectivity index is 1.75. The number of anilines is 1. The summed E-state index contributed by atoms with van der Waals surface area (Å²) in [5.74, 6) is 0.303. The molecule has 0 spiro atoms. The van der Waals surface area contributed by atoms with Crippen molar-refractivity contribution >= 4 is 11.9 Å². The minimum atomic E-state index is -0.187. The molecule has 26 heavy (non-hydrogen) atoms. The Morgan fingerprint density at radius 2 is 1.35 bits per heavy atom. The van der Waals surface area contributed by atoms with Gasteiger partial charge in [0.25, 0.3) is 5.91 Å². The number of hydrogen-bond acceptors (Lipinski definition) is 2. The summed E-state index contributed by atoms with van der Waals surface area (Å²) in [5.41, 5.74) is 3.33. The van der Waals surface area contributed by atoms with Gasteiger partial charge in [0.05, 0.1) is 5.69 Å². The molecule has 0 aliphatic rings. The SMILES string of the molecule is O=C(Nc1nc(-c2ccccc2)cn1-c1ccccc1)c1ccccc1. The Kier molecular flexibility index (Phi) is 4.31. The molecule has 0 radical (unpaired) electrons. The summed E-state index contributed by atoms with van der Waals surface area (Å²) in [4.78, 5) is 17.2. The van der Waals surface area contributed by atoms with E-state index in [1.165, 1.54) is 0 Å². The van der Waals surface area contributed by atoms with Crippen LogP contribution >= 0.6 is 0 Å². The first-order valence-electron chi connectivity index (χ1n) is 8.38. The van der Waals surface area contributed by atoms with Crippen LogP contribution < -0.4 is 5.32 Å². The number of para-hydroxylation sites is 1. The number of hydrogen-bond donors (Lipinski definition) is 1. The molecule has 1 amide bonds. The molecule has 1 aromatic heterocycles. The van der Waals surface area contributed by atoms with Crippen LogP contribution in [-0.2, 0) is 0 Å². The predicted molar refractivity (Wildman–Crippen MR) is 103 cm³/mol. The standard InChI is InChI=1S/C22H17N3O/c26-21(18-12-6-2-7-13-18)24-22-23-20(17-10-4-1-5-11-17)16-25(22)19-14-8-3-9-15-19/h1-16H,(H,23,24,26). The quantitative estimate of drug-likeness (QED) is 0.581. The fourth-order valence-corrected chi connectivity index (χ4v) is 2.77. The van der Waals surface area contributed by atoms with E-state index in [4.69, 9.17) is 0 Å². The van der Waals surface area contributed by atoms with Crippen LogP contribution in [0.2, 0.25) is 0 Å². The molecule has 0 aliphatic carbocycles.